The third kappa shape index (κ3) is 2.74. The molecule has 0 atom stereocenters. The van der Waals surface area contributed by atoms with E-state index in [1.54, 1.807) is 24.7 Å². The van der Waals surface area contributed by atoms with Crippen LogP contribution in [0.4, 0.5) is 16.0 Å². The summed E-state index contributed by atoms with van der Waals surface area (Å²) in [6.07, 6.45) is 3.35. The molecule has 4 aromatic rings. The van der Waals surface area contributed by atoms with E-state index in [4.69, 9.17) is 0 Å². The number of benzene rings is 2. The summed E-state index contributed by atoms with van der Waals surface area (Å²) in [4.78, 5) is 16.0. The maximum Gasteiger partial charge on any atom is 0.227 e. The molecule has 0 aliphatic carbocycles. The number of anilines is 2. The van der Waals surface area contributed by atoms with Crippen molar-refractivity contribution in [3.63, 3.8) is 0 Å². The van der Waals surface area contributed by atoms with E-state index >= 15 is 0 Å². The highest BCUT2D eigenvalue weighted by atomic mass is 19.1. The Bertz CT molecular complexity index is 962. The van der Waals surface area contributed by atoms with Crippen LogP contribution in [-0.2, 0) is 0 Å². The van der Waals surface area contributed by atoms with Gasteiger partial charge in [-0.15, -0.1) is 0 Å². The summed E-state index contributed by atoms with van der Waals surface area (Å²) < 4.78 is 12.9. The van der Waals surface area contributed by atoms with Gasteiger partial charge in [-0.25, -0.2) is 19.3 Å². The number of nitrogens with zero attached hydrogens (tertiary/aromatic N) is 3. The van der Waals surface area contributed by atoms with E-state index in [-0.39, 0.29) is 5.82 Å². The number of fused-ring (bicyclic) bond motifs is 1. The molecule has 0 aliphatic rings. The van der Waals surface area contributed by atoms with Gasteiger partial charge in [0.25, 0.3) is 0 Å². The number of rotatable bonds is 3. The predicted octanol–water partition coefficient (Wildman–Crippen LogP) is 3.90. The van der Waals surface area contributed by atoms with Gasteiger partial charge in [-0.2, -0.15) is 0 Å². The molecule has 0 saturated heterocycles. The Hall–Kier alpha value is -3.28. The van der Waals surface area contributed by atoms with Crippen LogP contribution in [0.5, 0.6) is 0 Å². The summed E-state index contributed by atoms with van der Waals surface area (Å²) in [6, 6.07) is 13.8. The van der Waals surface area contributed by atoms with E-state index in [1.807, 2.05) is 24.3 Å². The van der Waals surface area contributed by atoms with Crippen LogP contribution in [0.2, 0.25) is 0 Å². The Morgan fingerprint density at radius 3 is 2.70 bits per heavy atom. The minimum absolute atomic E-state index is 0.280. The number of nitrogens with one attached hydrogen (secondary N) is 2. The lowest BCUT2D eigenvalue weighted by Gasteiger charge is -2.06. The highest BCUT2D eigenvalue weighted by Gasteiger charge is 2.05. The van der Waals surface area contributed by atoms with E-state index < -0.39 is 0 Å². The quantitative estimate of drug-likeness (QED) is 0.602. The van der Waals surface area contributed by atoms with Gasteiger partial charge < -0.3 is 10.3 Å². The van der Waals surface area contributed by atoms with Crippen LogP contribution in [0.3, 0.4) is 0 Å². The molecular formula is C17H12FN5. The van der Waals surface area contributed by atoms with Crippen LogP contribution >= 0.6 is 0 Å². The average molecular weight is 305 g/mol. The smallest absolute Gasteiger partial charge is 0.227 e. The molecule has 2 aromatic heterocycles. The number of H-pyrrole nitrogens is 1. The Labute approximate surface area is 131 Å². The first-order chi connectivity index (χ1) is 11.3. The molecule has 0 amide bonds. The minimum Gasteiger partial charge on any atom is -0.345 e. The van der Waals surface area contributed by atoms with Crippen molar-refractivity contribution < 1.29 is 4.39 Å². The number of aromatic amines is 1. The monoisotopic (exact) mass is 305 g/mol. The molecule has 2 heterocycles. The third-order valence-corrected chi connectivity index (χ3v) is 3.47. The average Bonchev–Trinajstić information content (AvgIpc) is 3.05. The molecule has 0 aliphatic heterocycles. The molecule has 0 bridgehead atoms. The number of hydrogen-bond donors (Lipinski definition) is 2. The maximum atomic E-state index is 12.9. The predicted molar refractivity (Wildman–Crippen MR) is 86.8 cm³/mol. The van der Waals surface area contributed by atoms with E-state index in [2.05, 4.69) is 25.3 Å². The second-order valence-corrected chi connectivity index (χ2v) is 5.03. The highest BCUT2D eigenvalue weighted by Crippen LogP contribution is 2.22. The lowest BCUT2D eigenvalue weighted by atomic mass is 10.1. The van der Waals surface area contributed by atoms with Gasteiger partial charge in [-0.1, -0.05) is 6.07 Å². The van der Waals surface area contributed by atoms with Crippen molar-refractivity contribution in [2.24, 2.45) is 0 Å². The normalized spacial score (nSPS) is 10.8. The summed E-state index contributed by atoms with van der Waals surface area (Å²) in [7, 11) is 0. The summed E-state index contributed by atoms with van der Waals surface area (Å²) >= 11 is 0. The zero-order valence-electron chi connectivity index (χ0n) is 12.0. The molecule has 0 radical (unpaired) electrons. The first kappa shape index (κ1) is 13.4. The van der Waals surface area contributed by atoms with E-state index in [0.29, 0.717) is 5.95 Å². The van der Waals surface area contributed by atoms with Gasteiger partial charge in [0.05, 0.1) is 23.1 Å². The lowest BCUT2D eigenvalue weighted by molar-refractivity contribution is 0.628. The number of imidazole rings is 1. The van der Waals surface area contributed by atoms with Gasteiger partial charge in [0.15, 0.2) is 0 Å². The van der Waals surface area contributed by atoms with Crippen molar-refractivity contribution in [1.82, 2.24) is 19.9 Å². The van der Waals surface area contributed by atoms with Crippen LogP contribution in [0.15, 0.2) is 61.1 Å². The zero-order chi connectivity index (χ0) is 15.6. The molecule has 0 fully saturated rings. The molecule has 2 N–H and O–H groups in total. The third-order valence-electron chi connectivity index (χ3n) is 3.47. The van der Waals surface area contributed by atoms with Gasteiger partial charge in [0.1, 0.15) is 5.82 Å². The molecule has 4 rings (SSSR count). The fourth-order valence-electron chi connectivity index (χ4n) is 2.34. The first-order valence-corrected chi connectivity index (χ1v) is 7.07. The zero-order valence-corrected chi connectivity index (χ0v) is 12.0. The topological polar surface area (TPSA) is 66.5 Å². The maximum absolute atomic E-state index is 12.9. The van der Waals surface area contributed by atoms with Crippen LogP contribution in [0.25, 0.3) is 22.3 Å². The Kier molecular flexibility index (Phi) is 3.20. The molecule has 23 heavy (non-hydrogen) atoms. The van der Waals surface area contributed by atoms with Gasteiger partial charge in [-0.3, -0.25) is 0 Å². The van der Waals surface area contributed by atoms with Gasteiger partial charge in [0.2, 0.25) is 5.95 Å². The highest BCUT2D eigenvalue weighted by molar-refractivity contribution is 5.80. The largest absolute Gasteiger partial charge is 0.345 e. The number of aromatic nitrogens is 4. The van der Waals surface area contributed by atoms with E-state index in [0.717, 1.165) is 28.0 Å². The SMILES string of the molecule is Fc1ccc(Nc2nccc(-c3ccc4nc[nH]c4c3)n2)cc1. The Balaban J connectivity index is 1.66. The minimum atomic E-state index is -0.280. The van der Waals surface area contributed by atoms with Crippen molar-refractivity contribution in [1.29, 1.82) is 0 Å². The Morgan fingerprint density at radius 1 is 0.957 bits per heavy atom. The Morgan fingerprint density at radius 2 is 1.83 bits per heavy atom. The number of halogens is 1. The standard InChI is InChI=1S/C17H12FN5/c18-12-2-4-13(5-3-12)22-17-19-8-7-14(23-17)11-1-6-15-16(9-11)21-10-20-15/h1-10H,(H,20,21)(H,19,22,23). The van der Waals surface area contributed by atoms with Crippen molar-refractivity contribution >= 4 is 22.7 Å². The lowest BCUT2D eigenvalue weighted by Crippen LogP contribution is -1.97. The summed E-state index contributed by atoms with van der Waals surface area (Å²) in [5.74, 6) is 0.178. The van der Waals surface area contributed by atoms with Crippen LogP contribution in [0.1, 0.15) is 0 Å². The molecule has 0 saturated carbocycles. The summed E-state index contributed by atoms with van der Waals surface area (Å²) in [5.41, 5.74) is 4.35. The van der Waals surface area contributed by atoms with Gasteiger partial charge >= 0.3 is 0 Å². The molecule has 0 spiro atoms. The molecule has 112 valence electrons. The van der Waals surface area contributed by atoms with E-state index in [9.17, 15) is 4.39 Å². The number of hydrogen-bond acceptors (Lipinski definition) is 4. The van der Waals surface area contributed by atoms with Crippen molar-refractivity contribution in [2.45, 2.75) is 0 Å². The van der Waals surface area contributed by atoms with Crippen molar-refractivity contribution in [3.8, 4) is 11.3 Å². The second-order valence-electron chi connectivity index (χ2n) is 5.03. The van der Waals surface area contributed by atoms with Crippen LogP contribution in [-0.4, -0.2) is 19.9 Å². The van der Waals surface area contributed by atoms with E-state index in [1.165, 1.54) is 12.1 Å². The van der Waals surface area contributed by atoms with Gasteiger partial charge in [-0.05, 0) is 42.5 Å². The fourth-order valence-corrected chi connectivity index (χ4v) is 2.34. The first-order valence-electron chi connectivity index (χ1n) is 7.07. The van der Waals surface area contributed by atoms with Crippen molar-refractivity contribution in [3.05, 3.63) is 66.9 Å². The molecular weight excluding hydrogens is 293 g/mol. The molecule has 6 heteroatoms. The summed E-state index contributed by atoms with van der Waals surface area (Å²) in [6.45, 7) is 0. The summed E-state index contributed by atoms with van der Waals surface area (Å²) in [5, 5.41) is 3.06. The fraction of sp³-hybridized carbons (Fsp3) is 0. The molecule has 0 unspecified atom stereocenters. The molecule has 2 aromatic carbocycles. The second kappa shape index (κ2) is 5.49. The van der Waals surface area contributed by atoms with Crippen LogP contribution < -0.4 is 5.32 Å². The van der Waals surface area contributed by atoms with Gasteiger partial charge in [0, 0.05) is 17.4 Å². The molecule has 5 nitrogen and oxygen atoms in total. The van der Waals surface area contributed by atoms with Crippen LogP contribution in [0, 0.1) is 5.82 Å². The van der Waals surface area contributed by atoms with Crippen molar-refractivity contribution in [2.75, 3.05) is 5.32 Å².